The minimum atomic E-state index is 0.413. The Morgan fingerprint density at radius 1 is 1.15 bits per heavy atom. The maximum absolute atomic E-state index is 6.56. The van der Waals surface area contributed by atoms with Crippen LogP contribution in [0, 0.1) is 13.8 Å². The van der Waals surface area contributed by atoms with Crippen molar-refractivity contribution >= 4 is 28.8 Å². The maximum Gasteiger partial charge on any atom is 0.153 e. The van der Waals surface area contributed by atoms with E-state index < -0.39 is 0 Å². The molecule has 3 aromatic rings. The molecule has 2 aromatic heterocycles. The maximum atomic E-state index is 6.56. The summed E-state index contributed by atoms with van der Waals surface area (Å²) in [4.78, 5) is 9.40. The molecule has 8 nitrogen and oxygen atoms in total. The lowest BCUT2D eigenvalue weighted by molar-refractivity contribution is 0.412. The first-order chi connectivity index (χ1) is 15.9. The number of pyridine rings is 1. The Balaban J connectivity index is 1.70. The number of aryl methyl sites for hydroxylation is 2. The van der Waals surface area contributed by atoms with Crippen LogP contribution in [0.3, 0.4) is 0 Å². The van der Waals surface area contributed by atoms with Crippen molar-refractivity contribution in [3.8, 4) is 5.75 Å². The molecule has 0 radical (unpaired) electrons. The summed E-state index contributed by atoms with van der Waals surface area (Å²) in [6.45, 7) is 4.02. The molecule has 4 rings (SSSR count). The standard InChI is InChI=1S/C25H33N7O/c1-16-10-11-21(33-4)17(2)24(16)30-25(26)19-15-27-23(29-22-12-13-32(3)31-22)14-20(19)28-18-8-6-5-7-9-18/h10-15,18H,5-9H2,1-4H3,(H2,26,30)(H2,27,28,29,31). The van der Waals surface area contributed by atoms with Crippen molar-refractivity contribution in [3.63, 3.8) is 0 Å². The highest BCUT2D eigenvalue weighted by Crippen LogP contribution is 2.32. The lowest BCUT2D eigenvalue weighted by atomic mass is 9.95. The largest absolute Gasteiger partial charge is 0.496 e. The molecule has 0 amide bonds. The Bertz CT molecular complexity index is 1150. The molecule has 2 heterocycles. The van der Waals surface area contributed by atoms with E-state index in [1.54, 1.807) is 18.0 Å². The van der Waals surface area contributed by atoms with Crippen LogP contribution in [0.5, 0.6) is 5.75 Å². The Hall–Kier alpha value is -3.55. The summed E-state index contributed by atoms with van der Waals surface area (Å²) in [6.07, 6.45) is 9.74. The molecule has 0 unspecified atom stereocenters. The van der Waals surface area contributed by atoms with Gasteiger partial charge in [-0.2, -0.15) is 5.10 Å². The predicted molar refractivity (Wildman–Crippen MR) is 134 cm³/mol. The second-order valence-corrected chi connectivity index (χ2v) is 8.65. The molecule has 1 aliphatic rings. The molecule has 0 bridgehead atoms. The van der Waals surface area contributed by atoms with Crippen LogP contribution >= 0.6 is 0 Å². The second-order valence-electron chi connectivity index (χ2n) is 8.65. The molecular weight excluding hydrogens is 414 g/mol. The fourth-order valence-corrected chi connectivity index (χ4v) is 4.32. The van der Waals surface area contributed by atoms with Crippen LogP contribution in [0.15, 0.2) is 41.7 Å². The van der Waals surface area contributed by atoms with E-state index in [1.807, 2.05) is 51.4 Å². The normalized spacial score (nSPS) is 14.8. The van der Waals surface area contributed by atoms with Gasteiger partial charge in [0.15, 0.2) is 5.82 Å². The van der Waals surface area contributed by atoms with Crippen LogP contribution in [0.1, 0.15) is 48.8 Å². The third-order valence-corrected chi connectivity index (χ3v) is 6.15. The molecule has 0 saturated heterocycles. The van der Waals surface area contributed by atoms with Crippen molar-refractivity contribution in [2.75, 3.05) is 17.7 Å². The third-order valence-electron chi connectivity index (χ3n) is 6.15. The molecule has 8 heteroatoms. The second kappa shape index (κ2) is 9.94. The molecule has 1 saturated carbocycles. The third kappa shape index (κ3) is 5.27. The summed E-state index contributed by atoms with van der Waals surface area (Å²) in [5.41, 5.74) is 11.1. The molecule has 0 aliphatic heterocycles. The molecule has 1 aromatic carbocycles. The number of benzene rings is 1. The van der Waals surface area contributed by atoms with Gasteiger partial charge in [-0.15, -0.1) is 0 Å². The van der Waals surface area contributed by atoms with Gasteiger partial charge in [0.2, 0.25) is 0 Å². The van der Waals surface area contributed by atoms with E-state index in [0.29, 0.717) is 17.7 Å². The van der Waals surface area contributed by atoms with Crippen LogP contribution in [-0.4, -0.2) is 33.8 Å². The predicted octanol–water partition coefficient (Wildman–Crippen LogP) is 4.97. The number of nitrogens with two attached hydrogens (primary N) is 1. The molecular formula is C25H33N7O. The summed E-state index contributed by atoms with van der Waals surface area (Å²) in [6, 6.07) is 8.27. The number of amidine groups is 1. The smallest absolute Gasteiger partial charge is 0.153 e. The van der Waals surface area contributed by atoms with Crippen molar-refractivity contribution in [2.45, 2.75) is 52.0 Å². The number of rotatable bonds is 7. The van der Waals surface area contributed by atoms with Crippen LogP contribution in [0.25, 0.3) is 0 Å². The van der Waals surface area contributed by atoms with Gasteiger partial charge in [0.1, 0.15) is 17.4 Å². The topological polar surface area (TPSA) is 102 Å². The fourth-order valence-electron chi connectivity index (χ4n) is 4.32. The minimum Gasteiger partial charge on any atom is -0.496 e. The number of ether oxygens (including phenoxy) is 1. The number of aliphatic imine (C=N–C) groups is 1. The Morgan fingerprint density at radius 3 is 2.64 bits per heavy atom. The number of nitrogens with zero attached hydrogens (tertiary/aromatic N) is 4. The van der Waals surface area contributed by atoms with Gasteiger partial charge in [0, 0.05) is 43.2 Å². The van der Waals surface area contributed by atoms with Crippen molar-refractivity contribution < 1.29 is 4.74 Å². The molecule has 1 aliphatic carbocycles. The molecule has 4 N–H and O–H groups in total. The van der Waals surface area contributed by atoms with Gasteiger partial charge < -0.3 is 21.1 Å². The lowest BCUT2D eigenvalue weighted by Gasteiger charge is -2.25. The van der Waals surface area contributed by atoms with Crippen molar-refractivity contribution in [2.24, 2.45) is 17.8 Å². The van der Waals surface area contributed by atoms with Crippen LogP contribution in [0.2, 0.25) is 0 Å². The van der Waals surface area contributed by atoms with Gasteiger partial charge in [-0.1, -0.05) is 25.3 Å². The highest BCUT2D eigenvalue weighted by atomic mass is 16.5. The Labute approximate surface area is 195 Å². The Morgan fingerprint density at radius 2 is 1.94 bits per heavy atom. The average molecular weight is 448 g/mol. The summed E-state index contributed by atoms with van der Waals surface area (Å²) in [5, 5.41) is 11.4. The first-order valence-corrected chi connectivity index (χ1v) is 11.5. The molecule has 0 atom stereocenters. The van der Waals surface area contributed by atoms with Crippen molar-refractivity contribution in [1.82, 2.24) is 14.8 Å². The van der Waals surface area contributed by atoms with E-state index in [-0.39, 0.29) is 0 Å². The Kier molecular flexibility index (Phi) is 6.82. The van der Waals surface area contributed by atoms with Gasteiger partial charge in [-0.25, -0.2) is 9.98 Å². The van der Waals surface area contributed by atoms with Gasteiger partial charge in [-0.05, 0) is 38.3 Å². The van der Waals surface area contributed by atoms with Crippen molar-refractivity contribution in [3.05, 3.63) is 53.3 Å². The first-order valence-electron chi connectivity index (χ1n) is 11.5. The van der Waals surface area contributed by atoms with Crippen LogP contribution in [-0.2, 0) is 7.05 Å². The zero-order valence-corrected chi connectivity index (χ0v) is 19.9. The van der Waals surface area contributed by atoms with Crippen LogP contribution < -0.4 is 21.1 Å². The first kappa shape index (κ1) is 22.6. The van der Waals surface area contributed by atoms with E-state index in [2.05, 4.69) is 20.7 Å². The number of anilines is 3. The van der Waals surface area contributed by atoms with E-state index >= 15 is 0 Å². The number of nitrogens with one attached hydrogen (secondary N) is 2. The number of hydrogen-bond acceptors (Lipinski definition) is 6. The summed E-state index contributed by atoms with van der Waals surface area (Å²) in [7, 11) is 3.55. The number of hydrogen-bond donors (Lipinski definition) is 3. The highest BCUT2D eigenvalue weighted by molar-refractivity contribution is 6.04. The molecule has 1 fully saturated rings. The van der Waals surface area contributed by atoms with Gasteiger partial charge in [0.25, 0.3) is 0 Å². The van der Waals surface area contributed by atoms with E-state index in [9.17, 15) is 0 Å². The van der Waals surface area contributed by atoms with E-state index in [4.69, 9.17) is 15.5 Å². The van der Waals surface area contributed by atoms with Gasteiger partial charge >= 0.3 is 0 Å². The zero-order chi connectivity index (χ0) is 23.4. The fraction of sp³-hybridized carbons (Fsp3) is 0.400. The molecule has 0 spiro atoms. The SMILES string of the molecule is COc1ccc(C)c(N=C(N)c2cnc(Nc3ccn(C)n3)cc2NC2CCCCC2)c1C. The summed E-state index contributed by atoms with van der Waals surface area (Å²) >= 11 is 0. The molecule has 33 heavy (non-hydrogen) atoms. The summed E-state index contributed by atoms with van der Waals surface area (Å²) in [5.74, 6) is 2.66. The highest BCUT2D eigenvalue weighted by Gasteiger charge is 2.18. The quantitative estimate of drug-likeness (QED) is 0.349. The lowest BCUT2D eigenvalue weighted by Crippen LogP contribution is -2.25. The molecule has 174 valence electrons. The monoisotopic (exact) mass is 447 g/mol. The van der Waals surface area contributed by atoms with E-state index in [1.165, 1.54) is 19.3 Å². The van der Waals surface area contributed by atoms with Gasteiger partial charge in [0.05, 0.1) is 24.0 Å². The number of aromatic nitrogens is 3. The average Bonchev–Trinajstić information content (AvgIpc) is 3.22. The number of methoxy groups -OCH3 is 1. The van der Waals surface area contributed by atoms with Gasteiger partial charge in [-0.3, -0.25) is 4.68 Å². The summed E-state index contributed by atoms with van der Waals surface area (Å²) < 4.78 is 7.23. The minimum absolute atomic E-state index is 0.413. The van der Waals surface area contributed by atoms with E-state index in [0.717, 1.165) is 52.5 Å². The zero-order valence-electron chi connectivity index (χ0n) is 19.9. The van der Waals surface area contributed by atoms with Crippen molar-refractivity contribution in [1.29, 1.82) is 0 Å². The van der Waals surface area contributed by atoms with Crippen LogP contribution in [0.4, 0.5) is 23.0 Å².